The molecule has 1 saturated carbocycles. The third kappa shape index (κ3) is 4.71. The predicted octanol–water partition coefficient (Wildman–Crippen LogP) is 1.33. The molecule has 1 aliphatic rings. The minimum atomic E-state index is -1.15. The fraction of sp³-hybridized carbons (Fsp3) is 0.769. The second-order valence-electron chi connectivity index (χ2n) is 5.26. The number of urea groups is 1. The van der Waals surface area contributed by atoms with Crippen molar-refractivity contribution < 1.29 is 24.6 Å². The van der Waals surface area contributed by atoms with Crippen molar-refractivity contribution in [3.63, 3.8) is 0 Å². The molecular formula is C13H22N2O5. The molecule has 0 bridgehead atoms. The zero-order valence-electron chi connectivity index (χ0n) is 11.6. The number of carboxylic acids is 2. The SMILES string of the molecule is CCC1(NC(=O)N[C@H](CCCC(=O)O)C(=O)O)CCC1. The Hall–Kier alpha value is -1.79. The molecule has 7 nitrogen and oxygen atoms in total. The van der Waals surface area contributed by atoms with Crippen LogP contribution in [0.1, 0.15) is 51.9 Å². The summed E-state index contributed by atoms with van der Waals surface area (Å²) in [4.78, 5) is 33.3. The van der Waals surface area contributed by atoms with Gasteiger partial charge in [0.15, 0.2) is 0 Å². The van der Waals surface area contributed by atoms with E-state index in [1.165, 1.54) is 0 Å². The monoisotopic (exact) mass is 286 g/mol. The van der Waals surface area contributed by atoms with Crippen LogP contribution in [0.3, 0.4) is 0 Å². The van der Waals surface area contributed by atoms with E-state index in [0.29, 0.717) is 0 Å². The van der Waals surface area contributed by atoms with Crippen LogP contribution in [0.5, 0.6) is 0 Å². The Morgan fingerprint density at radius 1 is 1.25 bits per heavy atom. The van der Waals surface area contributed by atoms with Gasteiger partial charge in [-0.15, -0.1) is 0 Å². The van der Waals surface area contributed by atoms with Crippen LogP contribution in [0.2, 0.25) is 0 Å². The Morgan fingerprint density at radius 3 is 2.30 bits per heavy atom. The maximum Gasteiger partial charge on any atom is 0.326 e. The lowest BCUT2D eigenvalue weighted by Gasteiger charge is -2.42. The average molecular weight is 286 g/mol. The molecule has 2 amide bonds. The van der Waals surface area contributed by atoms with Gasteiger partial charge < -0.3 is 20.8 Å². The molecule has 4 N–H and O–H groups in total. The van der Waals surface area contributed by atoms with Crippen LogP contribution in [0.4, 0.5) is 4.79 Å². The first-order chi connectivity index (χ1) is 9.38. The van der Waals surface area contributed by atoms with E-state index in [4.69, 9.17) is 10.2 Å². The molecule has 0 aromatic rings. The molecule has 0 spiro atoms. The van der Waals surface area contributed by atoms with Crippen molar-refractivity contribution in [3.05, 3.63) is 0 Å². The predicted molar refractivity (Wildman–Crippen MR) is 71.5 cm³/mol. The number of hydrogen-bond acceptors (Lipinski definition) is 3. The highest BCUT2D eigenvalue weighted by atomic mass is 16.4. The zero-order valence-corrected chi connectivity index (χ0v) is 11.6. The van der Waals surface area contributed by atoms with Gasteiger partial charge in [-0.1, -0.05) is 6.92 Å². The first kappa shape index (κ1) is 16.3. The van der Waals surface area contributed by atoms with Gasteiger partial charge in [0, 0.05) is 12.0 Å². The van der Waals surface area contributed by atoms with Crippen LogP contribution in [0, 0.1) is 0 Å². The van der Waals surface area contributed by atoms with Crippen LogP contribution in [-0.2, 0) is 9.59 Å². The number of carbonyl (C=O) groups excluding carboxylic acids is 1. The number of carbonyl (C=O) groups is 3. The van der Waals surface area contributed by atoms with Gasteiger partial charge in [0.05, 0.1) is 0 Å². The molecular weight excluding hydrogens is 264 g/mol. The normalized spacial score (nSPS) is 17.6. The van der Waals surface area contributed by atoms with Crippen molar-refractivity contribution in [1.82, 2.24) is 10.6 Å². The van der Waals surface area contributed by atoms with Gasteiger partial charge in [0.25, 0.3) is 0 Å². The lowest BCUT2D eigenvalue weighted by Crippen LogP contribution is -2.58. The summed E-state index contributed by atoms with van der Waals surface area (Å²) in [5.74, 6) is -2.12. The third-order valence-electron chi connectivity index (χ3n) is 3.85. The Balaban J connectivity index is 2.42. The summed E-state index contributed by atoms with van der Waals surface area (Å²) in [7, 11) is 0. The lowest BCUT2D eigenvalue weighted by molar-refractivity contribution is -0.140. The van der Waals surface area contributed by atoms with E-state index in [2.05, 4.69) is 10.6 Å². The summed E-state index contributed by atoms with van der Waals surface area (Å²) in [5, 5.41) is 22.8. The van der Waals surface area contributed by atoms with Crippen molar-refractivity contribution in [3.8, 4) is 0 Å². The van der Waals surface area contributed by atoms with Crippen LogP contribution < -0.4 is 10.6 Å². The van der Waals surface area contributed by atoms with Gasteiger partial charge in [-0.2, -0.15) is 0 Å². The second-order valence-corrected chi connectivity index (χ2v) is 5.26. The van der Waals surface area contributed by atoms with Crippen molar-refractivity contribution in [2.75, 3.05) is 0 Å². The molecule has 0 radical (unpaired) electrons. The van der Waals surface area contributed by atoms with Gasteiger partial charge >= 0.3 is 18.0 Å². The number of amides is 2. The van der Waals surface area contributed by atoms with Crippen LogP contribution in [0.15, 0.2) is 0 Å². The molecule has 1 fully saturated rings. The summed E-state index contributed by atoms with van der Waals surface area (Å²) in [6.45, 7) is 1.99. The maximum absolute atomic E-state index is 11.8. The summed E-state index contributed by atoms with van der Waals surface area (Å²) in [6, 6.07) is -1.54. The van der Waals surface area contributed by atoms with Gasteiger partial charge in [-0.25, -0.2) is 9.59 Å². The van der Waals surface area contributed by atoms with Crippen molar-refractivity contribution in [2.45, 2.75) is 63.5 Å². The number of carboxylic acid groups (broad SMARTS) is 2. The third-order valence-corrected chi connectivity index (χ3v) is 3.85. The fourth-order valence-electron chi connectivity index (χ4n) is 2.32. The standard InChI is InChI=1S/C13H22N2O5/c1-2-13(7-4-8-13)15-12(20)14-9(11(18)19)5-3-6-10(16)17/h9H,2-8H2,1H3,(H,16,17)(H,18,19)(H2,14,15,20)/t9-/m1/s1. The first-order valence-corrected chi connectivity index (χ1v) is 6.92. The molecule has 114 valence electrons. The number of rotatable bonds is 8. The van der Waals surface area contributed by atoms with E-state index >= 15 is 0 Å². The highest BCUT2D eigenvalue weighted by Gasteiger charge is 2.37. The molecule has 0 aliphatic heterocycles. The lowest BCUT2D eigenvalue weighted by atomic mass is 9.75. The molecule has 7 heteroatoms. The summed E-state index contributed by atoms with van der Waals surface area (Å²) >= 11 is 0. The van der Waals surface area contributed by atoms with Gasteiger partial charge in [-0.3, -0.25) is 4.79 Å². The minimum absolute atomic E-state index is 0.105. The number of hydrogen-bond donors (Lipinski definition) is 4. The Bertz CT molecular complexity index is 373. The fourth-order valence-corrected chi connectivity index (χ4v) is 2.32. The van der Waals surface area contributed by atoms with E-state index in [9.17, 15) is 14.4 Å². The van der Waals surface area contributed by atoms with Crippen LogP contribution in [0.25, 0.3) is 0 Å². The van der Waals surface area contributed by atoms with Gasteiger partial charge in [0.2, 0.25) is 0 Å². The van der Waals surface area contributed by atoms with Gasteiger partial charge in [-0.05, 0) is 38.5 Å². The first-order valence-electron chi connectivity index (χ1n) is 6.92. The molecule has 1 aliphatic carbocycles. The maximum atomic E-state index is 11.8. The molecule has 1 atom stereocenters. The van der Waals surface area contributed by atoms with Crippen molar-refractivity contribution in [1.29, 1.82) is 0 Å². The quantitative estimate of drug-likeness (QED) is 0.537. The van der Waals surface area contributed by atoms with E-state index in [0.717, 1.165) is 25.7 Å². The van der Waals surface area contributed by atoms with E-state index in [1.807, 2.05) is 6.92 Å². The van der Waals surface area contributed by atoms with Crippen molar-refractivity contribution >= 4 is 18.0 Å². The zero-order chi connectivity index (χ0) is 15.2. The molecule has 0 heterocycles. The van der Waals surface area contributed by atoms with E-state index < -0.39 is 24.0 Å². The van der Waals surface area contributed by atoms with E-state index in [-0.39, 0.29) is 24.8 Å². The highest BCUT2D eigenvalue weighted by Crippen LogP contribution is 2.34. The summed E-state index contributed by atoms with van der Waals surface area (Å²) < 4.78 is 0. The van der Waals surface area contributed by atoms with Crippen LogP contribution in [-0.4, -0.2) is 39.8 Å². The van der Waals surface area contributed by atoms with Crippen molar-refractivity contribution in [2.24, 2.45) is 0 Å². The summed E-state index contributed by atoms with van der Waals surface area (Å²) in [6.07, 6.45) is 3.92. The number of nitrogens with one attached hydrogen (secondary N) is 2. The number of aliphatic carboxylic acids is 2. The smallest absolute Gasteiger partial charge is 0.326 e. The molecule has 0 aromatic carbocycles. The molecule has 0 saturated heterocycles. The topological polar surface area (TPSA) is 116 Å². The Kier molecular flexibility index (Phi) is 5.79. The summed E-state index contributed by atoms with van der Waals surface area (Å²) in [5.41, 5.74) is -0.200. The molecule has 1 rings (SSSR count). The molecule has 20 heavy (non-hydrogen) atoms. The van der Waals surface area contributed by atoms with Gasteiger partial charge in [0.1, 0.15) is 6.04 Å². The highest BCUT2D eigenvalue weighted by molar-refractivity contribution is 5.83. The second kappa shape index (κ2) is 7.12. The van der Waals surface area contributed by atoms with Crippen LogP contribution >= 0.6 is 0 Å². The Morgan fingerprint density at radius 2 is 1.90 bits per heavy atom. The molecule has 0 aromatic heterocycles. The largest absolute Gasteiger partial charge is 0.481 e. The minimum Gasteiger partial charge on any atom is -0.481 e. The Labute approximate surface area is 117 Å². The molecule has 0 unspecified atom stereocenters. The average Bonchev–Trinajstić information content (AvgIpc) is 2.32. The van der Waals surface area contributed by atoms with E-state index in [1.54, 1.807) is 0 Å².